The highest BCUT2D eigenvalue weighted by molar-refractivity contribution is 6.31. The lowest BCUT2D eigenvalue weighted by Gasteiger charge is -2.17. The highest BCUT2D eigenvalue weighted by Gasteiger charge is 2.21. The summed E-state index contributed by atoms with van der Waals surface area (Å²) < 4.78 is 0. The monoisotopic (exact) mass is 314 g/mol. The van der Waals surface area contributed by atoms with Crippen LogP contribution in [-0.4, -0.2) is 23.2 Å². The van der Waals surface area contributed by atoms with Crippen LogP contribution in [0.1, 0.15) is 11.6 Å². The van der Waals surface area contributed by atoms with E-state index in [2.05, 4.69) is 20.8 Å². The number of likely N-dealkylation sites (N-methyl/N-ethyl adjacent to an activating group) is 1. The Kier molecular flexibility index (Phi) is 4.09. The van der Waals surface area contributed by atoms with Crippen LogP contribution in [-0.2, 0) is 4.79 Å². The Labute approximate surface area is 132 Å². The van der Waals surface area contributed by atoms with Crippen molar-refractivity contribution in [3.63, 3.8) is 0 Å². The van der Waals surface area contributed by atoms with E-state index < -0.39 is 6.04 Å². The minimum Gasteiger partial charge on any atom is -0.324 e. The summed E-state index contributed by atoms with van der Waals surface area (Å²) >= 11 is 6.18. The van der Waals surface area contributed by atoms with Gasteiger partial charge in [0.2, 0.25) is 5.91 Å². The van der Waals surface area contributed by atoms with E-state index in [0.717, 1.165) is 16.5 Å². The van der Waals surface area contributed by atoms with Crippen LogP contribution in [0.25, 0.3) is 10.9 Å². The zero-order chi connectivity index (χ0) is 15.5. The summed E-state index contributed by atoms with van der Waals surface area (Å²) in [5, 5.41) is 14.2. The Hall–Kier alpha value is -2.37. The van der Waals surface area contributed by atoms with Crippen molar-refractivity contribution in [2.75, 3.05) is 12.4 Å². The number of aromatic amines is 1. The van der Waals surface area contributed by atoms with Gasteiger partial charge in [0.15, 0.2) is 0 Å². The third kappa shape index (κ3) is 2.81. The number of benzene rings is 2. The molecule has 0 spiro atoms. The van der Waals surface area contributed by atoms with Crippen molar-refractivity contribution >= 4 is 34.1 Å². The summed E-state index contributed by atoms with van der Waals surface area (Å²) in [7, 11) is 1.73. The van der Waals surface area contributed by atoms with E-state index in [1.165, 1.54) is 0 Å². The van der Waals surface area contributed by atoms with Crippen molar-refractivity contribution < 1.29 is 4.79 Å². The Bertz CT molecular complexity index is 815. The Morgan fingerprint density at radius 1 is 1.27 bits per heavy atom. The first kappa shape index (κ1) is 14.6. The second-order valence-corrected chi connectivity index (χ2v) is 5.31. The second-order valence-electron chi connectivity index (χ2n) is 4.90. The molecule has 0 aliphatic carbocycles. The maximum absolute atomic E-state index is 12.5. The first-order valence-electron chi connectivity index (χ1n) is 6.84. The van der Waals surface area contributed by atoms with Gasteiger partial charge in [0.1, 0.15) is 6.04 Å². The first-order chi connectivity index (χ1) is 10.7. The van der Waals surface area contributed by atoms with E-state index in [1.807, 2.05) is 36.4 Å². The molecule has 1 atom stereocenters. The molecule has 2 aromatic carbocycles. The molecule has 6 heteroatoms. The smallest absolute Gasteiger partial charge is 0.246 e. The third-order valence-electron chi connectivity index (χ3n) is 3.47. The molecule has 0 saturated heterocycles. The van der Waals surface area contributed by atoms with Gasteiger partial charge in [-0.1, -0.05) is 29.8 Å². The number of fused-ring (bicyclic) bond motifs is 1. The molecule has 0 aliphatic rings. The van der Waals surface area contributed by atoms with Crippen LogP contribution < -0.4 is 10.6 Å². The zero-order valence-electron chi connectivity index (χ0n) is 11.9. The number of nitrogens with one attached hydrogen (secondary N) is 3. The molecule has 0 saturated carbocycles. The number of amides is 1. The molecule has 3 rings (SSSR count). The number of carbonyl (C=O) groups is 1. The fourth-order valence-electron chi connectivity index (χ4n) is 2.37. The quantitative estimate of drug-likeness (QED) is 0.693. The summed E-state index contributed by atoms with van der Waals surface area (Å²) in [6, 6.07) is 12.4. The maximum atomic E-state index is 12.5. The Morgan fingerprint density at radius 2 is 2.09 bits per heavy atom. The molecule has 0 aliphatic heterocycles. The van der Waals surface area contributed by atoms with Crippen LogP contribution in [0.3, 0.4) is 0 Å². The van der Waals surface area contributed by atoms with E-state index in [4.69, 9.17) is 11.6 Å². The molecule has 1 aromatic heterocycles. The van der Waals surface area contributed by atoms with Crippen molar-refractivity contribution in [1.82, 2.24) is 15.5 Å². The van der Waals surface area contributed by atoms with E-state index >= 15 is 0 Å². The Balaban J connectivity index is 1.84. The highest BCUT2D eigenvalue weighted by atomic mass is 35.5. The topological polar surface area (TPSA) is 69.8 Å². The van der Waals surface area contributed by atoms with Gasteiger partial charge in [0.05, 0.1) is 11.7 Å². The largest absolute Gasteiger partial charge is 0.324 e. The van der Waals surface area contributed by atoms with E-state index in [-0.39, 0.29) is 5.91 Å². The van der Waals surface area contributed by atoms with Gasteiger partial charge in [-0.3, -0.25) is 9.89 Å². The van der Waals surface area contributed by atoms with Crippen molar-refractivity contribution in [2.45, 2.75) is 6.04 Å². The minimum absolute atomic E-state index is 0.168. The number of hydrogen-bond donors (Lipinski definition) is 3. The van der Waals surface area contributed by atoms with Crippen molar-refractivity contribution in [3.8, 4) is 0 Å². The third-order valence-corrected chi connectivity index (χ3v) is 3.82. The average molecular weight is 315 g/mol. The first-order valence-corrected chi connectivity index (χ1v) is 7.22. The summed E-state index contributed by atoms with van der Waals surface area (Å²) in [6.07, 6.45) is 1.72. The van der Waals surface area contributed by atoms with Crippen LogP contribution in [0, 0.1) is 0 Å². The van der Waals surface area contributed by atoms with Gasteiger partial charge in [-0.05, 0) is 36.9 Å². The lowest BCUT2D eigenvalue weighted by molar-refractivity contribution is -0.118. The van der Waals surface area contributed by atoms with Crippen LogP contribution in [0.2, 0.25) is 5.02 Å². The standard InChI is InChI=1S/C16H15ClN4O/c1-18-15(12-4-2-3-5-13(12)17)16(22)20-11-6-7-14-10(8-11)9-19-21-14/h2-9,15,18H,1H3,(H,19,21)(H,20,22). The molecule has 112 valence electrons. The van der Waals surface area contributed by atoms with Gasteiger partial charge in [-0.25, -0.2) is 0 Å². The normalized spacial score (nSPS) is 12.3. The fourth-order valence-corrected chi connectivity index (χ4v) is 2.62. The Morgan fingerprint density at radius 3 is 2.86 bits per heavy atom. The van der Waals surface area contributed by atoms with Crippen LogP contribution >= 0.6 is 11.6 Å². The number of hydrogen-bond acceptors (Lipinski definition) is 3. The van der Waals surface area contributed by atoms with Crippen LogP contribution in [0.15, 0.2) is 48.7 Å². The van der Waals surface area contributed by atoms with Gasteiger partial charge >= 0.3 is 0 Å². The van der Waals surface area contributed by atoms with Gasteiger partial charge in [0, 0.05) is 16.1 Å². The number of nitrogens with zero attached hydrogens (tertiary/aromatic N) is 1. The number of H-pyrrole nitrogens is 1. The van der Waals surface area contributed by atoms with Gasteiger partial charge < -0.3 is 10.6 Å². The summed E-state index contributed by atoms with van der Waals surface area (Å²) in [5.74, 6) is -0.168. The summed E-state index contributed by atoms with van der Waals surface area (Å²) in [4.78, 5) is 12.5. The van der Waals surface area contributed by atoms with Crippen molar-refractivity contribution in [3.05, 3.63) is 59.2 Å². The molecule has 22 heavy (non-hydrogen) atoms. The van der Waals surface area contributed by atoms with Gasteiger partial charge in [0.25, 0.3) is 0 Å². The van der Waals surface area contributed by atoms with Gasteiger partial charge in [-0.15, -0.1) is 0 Å². The second kappa shape index (κ2) is 6.17. The molecular formula is C16H15ClN4O. The molecule has 1 heterocycles. The predicted molar refractivity (Wildman–Crippen MR) is 88.0 cm³/mol. The van der Waals surface area contributed by atoms with Crippen molar-refractivity contribution in [1.29, 1.82) is 0 Å². The number of anilines is 1. The van der Waals surface area contributed by atoms with E-state index in [9.17, 15) is 4.79 Å². The predicted octanol–water partition coefficient (Wildman–Crippen LogP) is 3.12. The molecule has 0 bridgehead atoms. The highest BCUT2D eigenvalue weighted by Crippen LogP contribution is 2.24. The molecule has 0 fully saturated rings. The summed E-state index contributed by atoms with van der Waals surface area (Å²) in [6.45, 7) is 0. The molecule has 5 nitrogen and oxygen atoms in total. The van der Waals surface area contributed by atoms with Gasteiger partial charge in [-0.2, -0.15) is 5.10 Å². The average Bonchev–Trinajstić information content (AvgIpc) is 2.97. The molecule has 3 aromatic rings. The molecule has 0 radical (unpaired) electrons. The number of aromatic nitrogens is 2. The SMILES string of the molecule is CNC(C(=O)Nc1ccc2[nH]ncc2c1)c1ccccc1Cl. The lowest BCUT2D eigenvalue weighted by atomic mass is 10.1. The lowest BCUT2D eigenvalue weighted by Crippen LogP contribution is -2.30. The molecule has 1 unspecified atom stereocenters. The molecule has 3 N–H and O–H groups in total. The molecular weight excluding hydrogens is 300 g/mol. The van der Waals surface area contributed by atoms with Crippen molar-refractivity contribution in [2.24, 2.45) is 0 Å². The molecule has 1 amide bonds. The van der Waals surface area contributed by atoms with Crippen LogP contribution in [0.4, 0.5) is 5.69 Å². The number of halogens is 1. The maximum Gasteiger partial charge on any atom is 0.246 e. The summed E-state index contributed by atoms with van der Waals surface area (Å²) in [5.41, 5.74) is 2.38. The number of rotatable bonds is 4. The number of carbonyl (C=O) groups excluding carboxylic acids is 1. The van der Waals surface area contributed by atoms with Crippen LogP contribution in [0.5, 0.6) is 0 Å². The van der Waals surface area contributed by atoms with E-state index in [0.29, 0.717) is 10.7 Å². The fraction of sp³-hybridized carbons (Fsp3) is 0.125. The minimum atomic E-state index is -0.520. The van der Waals surface area contributed by atoms with E-state index in [1.54, 1.807) is 19.3 Å². The zero-order valence-corrected chi connectivity index (χ0v) is 12.7.